The first-order chi connectivity index (χ1) is 13.7. The number of halogens is 2. The topological polar surface area (TPSA) is 42.5 Å². The summed E-state index contributed by atoms with van der Waals surface area (Å²) in [6.07, 6.45) is 0. The molecule has 0 unspecified atom stereocenters. The first kappa shape index (κ1) is 20.5. The maximum Gasteiger partial charge on any atom is 0.162 e. The molecule has 3 aromatic carbocycles. The SMILES string of the molecule is CCOc1cc(CNNc2ccccc2)c(Br)cc1OCc1ccccc1Cl. The molecule has 0 heterocycles. The minimum atomic E-state index is 0.374. The monoisotopic (exact) mass is 460 g/mol. The number of hydrogen-bond acceptors (Lipinski definition) is 4. The van der Waals surface area contributed by atoms with Gasteiger partial charge in [0.05, 0.1) is 6.61 Å². The van der Waals surface area contributed by atoms with E-state index in [0.29, 0.717) is 36.3 Å². The van der Waals surface area contributed by atoms with E-state index in [9.17, 15) is 0 Å². The lowest BCUT2D eigenvalue weighted by atomic mass is 10.2. The second kappa shape index (κ2) is 10.4. The van der Waals surface area contributed by atoms with Gasteiger partial charge >= 0.3 is 0 Å². The van der Waals surface area contributed by atoms with Gasteiger partial charge in [0.1, 0.15) is 6.61 Å². The van der Waals surface area contributed by atoms with Crippen LogP contribution in [0.5, 0.6) is 11.5 Å². The first-order valence-electron chi connectivity index (χ1n) is 9.02. The number of benzene rings is 3. The van der Waals surface area contributed by atoms with E-state index in [1.54, 1.807) is 0 Å². The molecule has 4 nitrogen and oxygen atoms in total. The lowest BCUT2D eigenvalue weighted by Gasteiger charge is -2.16. The highest BCUT2D eigenvalue weighted by Gasteiger charge is 2.12. The van der Waals surface area contributed by atoms with Crippen LogP contribution in [0.3, 0.4) is 0 Å². The summed E-state index contributed by atoms with van der Waals surface area (Å²) in [6, 6.07) is 21.5. The van der Waals surface area contributed by atoms with E-state index < -0.39 is 0 Å². The van der Waals surface area contributed by atoms with Crippen molar-refractivity contribution in [3.8, 4) is 11.5 Å². The molecule has 0 aliphatic heterocycles. The van der Waals surface area contributed by atoms with E-state index >= 15 is 0 Å². The smallest absolute Gasteiger partial charge is 0.162 e. The quantitative estimate of drug-likeness (QED) is 0.372. The molecule has 0 atom stereocenters. The molecule has 2 N–H and O–H groups in total. The molecular weight excluding hydrogens is 440 g/mol. The Balaban J connectivity index is 1.69. The molecule has 0 spiro atoms. The number of ether oxygens (including phenoxy) is 2. The first-order valence-corrected chi connectivity index (χ1v) is 10.2. The average Bonchev–Trinajstić information content (AvgIpc) is 2.71. The van der Waals surface area contributed by atoms with Gasteiger partial charge < -0.3 is 14.9 Å². The predicted molar refractivity (Wildman–Crippen MR) is 118 cm³/mol. The number of anilines is 1. The zero-order valence-electron chi connectivity index (χ0n) is 15.5. The van der Waals surface area contributed by atoms with Crippen LogP contribution < -0.4 is 20.3 Å². The van der Waals surface area contributed by atoms with Gasteiger partial charge in [-0.25, -0.2) is 5.43 Å². The van der Waals surface area contributed by atoms with E-state index in [1.165, 1.54) is 0 Å². The van der Waals surface area contributed by atoms with Crippen LogP contribution in [0.4, 0.5) is 5.69 Å². The Kier molecular flexibility index (Phi) is 7.60. The molecule has 3 rings (SSSR count). The third-order valence-electron chi connectivity index (χ3n) is 4.04. The Morgan fingerprint density at radius 2 is 1.61 bits per heavy atom. The highest BCUT2D eigenvalue weighted by atomic mass is 79.9. The van der Waals surface area contributed by atoms with Gasteiger partial charge in [-0.3, -0.25) is 0 Å². The van der Waals surface area contributed by atoms with Gasteiger partial charge in [0.2, 0.25) is 0 Å². The highest BCUT2D eigenvalue weighted by molar-refractivity contribution is 9.10. The Morgan fingerprint density at radius 3 is 2.36 bits per heavy atom. The summed E-state index contributed by atoms with van der Waals surface area (Å²) in [6.45, 7) is 3.49. The maximum atomic E-state index is 6.22. The molecule has 0 aliphatic rings. The summed E-state index contributed by atoms with van der Waals surface area (Å²) in [7, 11) is 0. The summed E-state index contributed by atoms with van der Waals surface area (Å²) in [5.74, 6) is 1.38. The fraction of sp³-hybridized carbons (Fsp3) is 0.182. The van der Waals surface area contributed by atoms with E-state index in [0.717, 1.165) is 21.3 Å². The number of nitrogens with one attached hydrogen (secondary N) is 2. The Hall–Kier alpha value is -2.21. The van der Waals surface area contributed by atoms with Crippen LogP contribution >= 0.6 is 27.5 Å². The third-order valence-corrected chi connectivity index (χ3v) is 5.15. The summed E-state index contributed by atoms with van der Waals surface area (Å²) < 4.78 is 12.7. The van der Waals surface area contributed by atoms with Crippen molar-refractivity contribution in [3.63, 3.8) is 0 Å². The van der Waals surface area contributed by atoms with Gasteiger partial charge in [-0.05, 0) is 42.8 Å². The molecule has 0 aliphatic carbocycles. The molecule has 0 radical (unpaired) electrons. The van der Waals surface area contributed by atoms with Crippen molar-refractivity contribution in [2.24, 2.45) is 0 Å². The van der Waals surface area contributed by atoms with E-state index in [2.05, 4.69) is 26.8 Å². The van der Waals surface area contributed by atoms with Crippen LogP contribution in [0.2, 0.25) is 5.02 Å². The van der Waals surface area contributed by atoms with Crippen LogP contribution in [0, 0.1) is 0 Å². The van der Waals surface area contributed by atoms with Gasteiger partial charge in [0.15, 0.2) is 11.5 Å². The molecular formula is C22H22BrClN2O2. The van der Waals surface area contributed by atoms with Gasteiger partial charge in [-0.15, -0.1) is 0 Å². The van der Waals surface area contributed by atoms with Crippen LogP contribution in [-0.2, 0) is 13.2 Å². The number of hydrazine groups is 1. The second-order valence-corrected chi connectivity index (χ2v) is 7.31. The fourth-order valence-electron chi connectivity index (χ4n) is 2.63. The number of rotatable bonds is 9. The molecule has 0 aromatic heterocycles. The van der Waals surface area contributed by atoms with Crippen molar-refractivity contribution in [3.05, 3.63) is 87.4 Å². The number of para-hydroxylation sites is 1. The molecule has 3 aromatic rings. The van der Waals surface area contributed by atoms with Crippen LogP contribution in [-0.4, -0.2) is 6.61 Å². The fourth-order valence-corrected chi connectivity index (χ4v) is 3.28. The molecule has 0 saturated heterocycles. The van der Waals surface area contributed by atoms with Gasteiger partial charge in [-0.1, -0.05) is 63.9 Å². The van der Waals surface area contributed by atoms with E-state index in [-0.39, 0.29) is 0 Å². The lowest BCUT2D eigenvalue weighted by Crippen LogP contribution is -2.21. The Morgan fingerprint density at radius 1 is 0.893 bits per heavy atom. The molecule has 0 bridgehead atoms. The molecule has 0 amide bonds. The standard InChI is InChI=1S/C22H22BrClN2O2/c1-2-27-21-12-17(14-25-26-18-9-4-3-5-10-18)19(23)13-22(21)28-15-16-8-6-7-11-20(16)24/h3-13,25-26H,2,14-15H2,1H3. The van der Waals surface area contributed by atoms with Crippen molar-refractivity contribution >= 4 is 33.2 Å². The third kappa shape index (κ3) is 5.64. The molecule has 0 fully saturated rings. The lowest BCUT2D eigenvalue weighted by molar-refractivity contribution is 0.269. The molecule has 6 heteroatoms. The predicted octanol–water partition coefficient (Wildman–Crippen LogP) is 6.20. The zero-order chi connectivity index (χ0) is 19.8. The molecule has 0 saturated carbocycles. The Bertz CT molecular complexity index is 906. The maximum absolute atomic E-state index is 6.22. The minimum Gasteiger partial charge on any atom is -0.490 e. The summed E-state index contributed by atoms with van der Waals surface area (Å²) in [5.41, 5.74) is 9.39. The van der Waals surface area contributed by atoms with Crippen molar-refractivity contribution in [2.45, 2.75) is 20.1 Å². The van der Waals surface area contributed by atoms with Crippen LogP contribution in [0.1, 0.15) is 18.1 Å². The van der Waals surface area contributed by atoms with Crippen LogP contribution in [0.25, 0.3) is 0 Å². The summed E-state index contributed by atoms with van der Waals surface area (Å²) in [5, 5.41) is 0.687. The van der Waals surface area contributed by atoms with E-state index in [1.807, 2.05) is 73.7 Å². The van der Waals surface area contributed by atoms with Gasteiger partial charge in [-0.2, -0.15) is 0 Å². The molecule has 28 heavy (non-hydrogen) atoms. The average molecular weight is 462 g/mol. The second-order valence-electron chi connectivity index (χ2n) is 6.05. The highest BCUT2D eigenvalue weighted by Crippen LogP contribution is 2.34. The minimum absolute atomic E-state index is 0.374. The van der Waals surface area contributed by atoms with Crippen molar-refractivity contribution in [1.82, 2.24) is 5.43 Å². The van der Waals surface area contributed by atoms with E-state index in [4.69, 9.17) is 21.1 Å². The van der Waals surface area contributed by atoms with Crippen molar-refractivity contribution in [1.29, 1.82) is 0 Å². The van der Waals surface area contributed by atoms with Crippen LogP contribution in [0.15, 0.2) is 71.2 Å². The van der Waals surface area contributed by atoms with Gasteiger partial charge in [0.25, 0.3) is 0 Å². The number of hydrogen-bond donors (Lipinski definition) is 2. The largest absolute Gasteiger partial charge is 0.490 e. The summed E-state index contributed by atoms with van der Waals surface area (Å²) in [4.78, 5) is 0. The van der Waals surface area contributed by atoms with Crippen molar-refractivity contribution in [2.75, 3.05) is 12.0 Å². The van der Waals surface area contributed by atoms with Gasteiger partial charge in [0, 0.05) is 27.3 Å². The zero-order valence-corrected chi connectivity index (χ0v) is 17.9. The molecule has 146 valence electrons. The summed E-state index contributed by atoms with van der Waals surface area (Å²) >= 11 is 9.85. The Labute approximate surface area is 178 Å². The normalized spacial score (nSPS) is 10.5. The van der Waals surface area contributed by atoms with Crippen molar-refractivity contribution < 1.29 is 9.47 Å².